The van der Waals surface area contributed by atoms with Crippen LogP contribution in [0.2, 0.25) is 10.0 Å². The molecule has 5 rings (SSSR count). The third-order valence-corrected chi connectivity index (χ3v) is 5.91. The van der Waals surface area contributed by atoms with Gasteiger partial charge in [0.15, 0.2) is 17.1 Å². The highest BCUT2D eigenvalue weighted by Crippen LogP contribution is 2.40. The second kappa shape index (κ2) is 10.0. The standard InChI is InChI=1S/C24H21Cl2N7O3/c1-2-28-24(34)33-22-14(20-15(25)4-3-5-16(20)26)8-12-11-29-23(32-21(12)31-22)30-13-6-7-17-18(9-13)36-19(10-27)35-17/h3-9,11,19H,2,10,27H2,1H3,(H3,28,29,30,31,32,33,34). The topological polar surface area (TPSA) is 136 Å². The molecule has 2 aromatic carbocycles. The average Bonchev–Trinajstić information content (AvgIpc) is 3.27. The van der Waals surface area contributed by atoms with Crippen LogP contribution in [0.1, 0.15) is 6.92 Å². The summed E-state index contributed by atoms with van der Waals surface area (Å²) in [5, 5.41) is 10.1. The van der Waals surface area contributed by atoms with E-state index >= 15 is 0 Å². The van der Waals surface area contributed by atoms with Crippen LogP contribution in [-0.2, 0) is 0 Å². The Balaban J connectivity index is 1.52. The molecule has 4 aromatic rings. The number of carbonyl (C=O) groups excluding carboxylic acids is 1. The molecular weight excluding hydrogens is 505 g/mol. The van der Waals surface area contributed by atoms with Crippen LogP contribution in [0.25, 0.3) is 22.2 Å². The molecule has 0 radical (unpaired) electrons. The molecule has 1 aliphatic heterocycles. The molecular formula is C24H21Cl2N7O3. The number of ether oxygens (including phenoxy) is 2. The molecule has 0 aliphatic carbocycles. The highest BCUT2D eigenvalue weighted by Gasteiger charge is 2.23. The van der Waals surface area contributed by atoms with Crippen LogP contribution >= 0.6 is 23.2 Å². The van der Waals surface area contributed by atoms with E-state index in [-0.39, 0.29) is 12.4 Å². The number of anilines is 3. The van der Waals surface area contributed by atoms with Gasteiger partial charge in [0.25, 0.3) is 6.29 Å². The number of nitrogens with zero attached hydrogens (tertiary/aromatic N) is 3. The number of benzene rings is 2. The molecule has 2 aromatic heterocycles. The number of hydrogen-bond acceptors (Lipinski definition) is 8. The maximum atomic E-state index is 12.3. The molecule has 3 heterocycles. The van der Waals surface area contributed by atoms with Crippen LogP contribution in [0, 0.1) is 0 Å². The summed E-state index contributed by atoms with van der Waals surface area (Å²) in [6.45, 7) is 2.50. The smallest absolute Gasteiger partial charge is 0.320 e. The molecule has 0 saturated carbocycles. The molecule has 0 fully saturated rings. The second-order valence-electron chi connectivity index (χ2n) is 7.76. The van der Waals surface area contributed by atoms with Crippen molar-refractivity contribution >= 4 is 57.7 Å². The lowest BCUT2D eigenvalue weighted by Crippen LogP contribution is -2.28. The quantitative estimate of drug-likeness (QED) is 0.277. The van der Waals surface area contributed by atoms with E-state index < -0.39 is 12.3 Å². The highest BCUT2D eigenvalue weighted by molar-refractivity contribution is 6.39. The third-order valence-electron chi connectivity index (χ3n) is 5.28. The van der Waals surface area contributed by atoms with Crippen LogP contribution in [0.4, 0.5) is 22.2 Å². The zero-order chi connectivity index (χ0) is 25.2. The first-order chi connectivity index (χ1) is 17.4. The molecule has 2 amide bonds. The van der Waals surface area contributed by atoms with Crippen LogP contribution in [-0.4, -0.2) is 40.4 Å². The molecule has 0 bridgehead atoms. The molecule has 0 saturated heterocycles. The zero-order valence-corrected chi connectivity index (χ0v) is 20.5. The molecule has 5 N–H and O–H groups in total. The summed E-state index contributed by atoms with van der Waals surface area (Å²) < 4.78 is 11.2. The van der Waals surface area contributed by atoms with Crippen molar-refractivity contribution in [2.45, 2.75) is 13.2 Å². The number of rotatable bonds is 6. The Morgan fingerprint density at radius 3 is 2.61 bits per heavy atom. The Kier molecular flexibility index (Phi) is 6.64. The van der Waals surface area contributed by atoms with E-state index in [0.717, 1.165) is 0 Å². The summed E-state index contributed by atoms with van der Waals surface area (Å²) >= 11 is 12.9. The third kappa shape index (κ3) is 4.78. The molecule has 10 nitrogen and oxygen atoms in total. The van der Waals surface area contributed by atoms with Crippen molar-refractivity contribution in [1.82, 2.24) is 20.3 Å². The highest BCUT2D eigenvalue weighted by atomic mass is 35.5. The van der Waals surface area contributed by atoms with Gasteiger partial charge >= 0.3 is 6.03 Å². The van der Waals surface area contributed by atoms with Crippen LogP contribution in [0.5, 0.6) is 11.5 Å². The number of nitrogens with two attached hydrogens (primary N) is 1. The number of halogens is 2. The van der Waals surface area contributed by atoms with Crippen molar-refractivity contribution < 1.29 is 14.3 Å². The predicted octanol–water partition coefficient (Wildman–Crippen LogP) is 4.94. The molecule has 1 atom stereocenters. The normalized spacial score (nSPS) is 14.1. The second-order valence-corrected chi connectivity index (χ2v) is 8.57. The van der Waals surface area contributed by atoms with E-state index in [2.05, 4.69) is 30.9 Å². The average molecular weight is 526 g/mol. The minimum absolute atomic E-state index is 0.241. The Morgan fingerprint density at radius 1 is 1.08 bits per heavy atom. The molecule has 184 valence electrons. The van der Waals surface area contributed by atoms with E-state index in [1.54, 1.807) is 42.6 Å². The maximum Gasteiger partial charge on any atom is 0.320 e. The Bertz CT molecular complexity index is 1450. The minimum atomic E-state index is -0.506. The minimum Gasteiger partial charge on any atom is -0.450 e. The first-order valence-corrected chi connectivity index (χ1v) is 11.8. The zero-order valence-electron chi connectivity index (χ0n) is 19.0. The number of amides is 2. The molecule has 0 spiro atoms. The number of pyridine rings is 1. The van der Waals surface area contributed by atoms with Gasteiger partial charge in [0.05, 0.1) is 16.6 Å². The fraction of sp³-hybridized carbons (Fsp3) is 0.167. The maximum absolute atomic E-state index is 12.3. The van der Waals surface area contributed by atoms with Gasteiger partial charge in [-0.2, -0.15) is 4.98 Å². The SMILES string of the molecule is CCNC(=O)Nc1nc2nc(Nc3ccc4c(c3)OC(CN)O4)ncc2cc1-c1c(Cl)cccc1Cl. The predicted molar refractivity (Wildman–Crippen MR) is 139 cm³/mol. The van der Waals surface area contributed by atoms with E-state index in [0.29, 0.717) is 61.9 Å². The number of nitrogens with one attached hydrogen (secondary N) is 3. The number of hydrogen-bond donors (Lipinski definition) is 4. The Hall–Kier alpha value is -3.86. The van der Waals surface area contributed by atoms with Gasteiger partial charge in [-0.15, -0.1) is 0 Å². The van der Waals surface area contributed by atoms with Crippen molar-refractivity contribution in [3.05, 3.63) is 58.7 Å². The van der Waals surface area contributed by atoms with Crippen LogP contribution < -0.4 is 31.2 Å². The summed E-state index contributed by atoms with van der Waals surface area (Å²) in [5.41, 5.74) is 7.74. The molecule has 1 aliphatic rings. The van der Waals surface area contributed by atoms with Gasteiger partial charge in [-0.05, 0) is 37.3 Å². The van der Waals surface area contributed by atoms with Crippen molar-refractivity contribution in [1.29, 1.82) is 0 Å². The Labute approximate surface area is 216 Å². The van der Waals surface area contributed by atoms with E-state index in [4.69, 9.17) is 38.4 Å². The molecule has 1 unspecified atom stereocenters. The molecule has 36 heavy (non-hydrogen) atoms. The lowest BCUT2D eigenvalue weighted by molar-refractivity contribution is 0.0581. The van der Waals surface area contributed by atoms with Gasteiger partial charge in [0.2, 0.25) is 5.95 Å². The largest absolute Gasteiger partial charge is 0.450 e. The van der Waals surface area contributed by atoms with Gasteiger partial charge in [-0.3, -0.25) is 5.32 Å². The lowest BCUT2D eigenvalue weighted by atomic mass is 10.0. The van der Waals surface area contributed by atoms with Gasteiger partial charge in [0.1, 0.15) is 5.82 Å². The van der Waals surface area contributed by atoms with Crippen LogP contribution in [0.15, 0.2) is 48.7 Å². The Morgan fingerprint density at radius 2 is 1.86 bits per heavy atom. The van der Waals surface area contributed by atoms with Crippen molar-refractivity contribution in [3.8, 4) is 22.6 Å². The van der Waals surface area contributed by atoms with E-state index in [1.807, 2.05) is 13.0 Å². The van der Waals surface area contributed by atoms with Crippen molar-refractivity contribution in [3.63, 3.8) is 0 Å². The van der Waals surface area contributed by atoms with E-state index in [9.17, 15) is 4.79 Å². The number of carbonyl (C=O) groups is 1. The monoisotopic (exact) mass is 525 g/mol. The summed E-state index contributed by atoms with van der Waals surface area (Å²) in [5.74, 6) is 1.74. The van der Waals surface area contributed by atoms with Crippen molar-refractivity contribution in [2.75, 3.05) is 23.7 Å². The summed E-state index contributed by atoms with van der Waals surface area (Å²) in [4.78, 5) is 25.9. The first-order valence-electron chi connectivity index (χ1n) is 11.1. The number of urea groups is 1. The van der Waals surface area contributed by atoms with Gasteiger partial charge in [-0.1, -0.05) is 29.3 Å². The fourth-order valence-corrected chi connectivity index (χ4v) is 4.29. The molecule has 12 heteroatoms. The van der Waals surface area contributed by atoms with Gasteiger partial charge in [0, 0.05) is 41.0 Å². The first kappa shape index (κ1) is 23.9. The van der Waals surface area contributed by atoms with Gasteiger partial charge < -0.3 is 25.8 Å². The summed E-state index contributed by atoms with van der Waals surface area (Å²) in [7, 11) is 0. The summed E-state index contributed by atoms with van der Waals surface area (Å²) in [6.07, 6.45) is 1.12. The van der Waals surface area contributed by atoms with Crippen molar-refractivity contribution in [2.24, 2.45) is 5.73 Å². The van der Waals surface area contributed by atoms with Crippen LogP contribution in [0.3, 0.4) is 0 Å². The lowest BCUT2D eigenvalue weighted by Gasteiger charge is -2.14. The number of aromatic nitrogens is 3. The van der Waals surface area contributed by atoms with E-state index in [1.165, 1.54) is 0 Å². The number of fused-ring (bicyclic) bond motifs is 2. The fourth-order valence-electron chi connectivity index (χ4n) is 3.68. The summed E-state index contributed by atoms with van der Waals surface area (Å²) in [6, 6.07) is 11.9. The van der Waals surface area contributed by atoms with Gasteiger partial charge in [-0.25, -0.2) is 14.8 Å².